The van der Waals surface area contributed by atoms with E-state index in [1.54, 1.807) is 7.11 Å². The van der Waals surface area contributed by atoms with Gasteiger partial charge in [0, 0.05) is 5.56 Å². The van der Waals surface area contributed by atoms with Crippen molar-refractivity contribution in [1.29, 1.82) is 0 Å². The summed E-state index contributed by atoms with van der Waals surface area (Å²) in [5.74, 6) is 0.603. The van der Waals surface area contributed by atoms with Crippen LogP contribution in [0, 0.1) is 6.92 Å². The Morgan fingerprint density at radius 3 is 2.82 bits per heavy atom. The Labute approximate surface area is 73.7 Å². The topological polar surface area (TPSA) is 48.1 Å². The van der Waals surface area contributed by atoms with Crippen molar-refractivity contribution >= 4 is 21.6 Å². The highest BCUT2D eigenvalue weighted by atomic mass is 79.9. The van der Waals surface area contributed by atoms with Crippen LogP contribution in [0.15, 0.2) is 10.7 Å². The van der Waals surface area contributed by atoms with Gasteiger partial charge < -0.3 is 10.5 Å². The van der Waals surface area contributed by atoms with Gasteiger partial charge in [0.2, 0.25) is 5.88 Å². The van der Waals surface area contributed by atoms with Crippen LogP contribution in [0.1, 0.15) is 5.56 Å². The number of ether oxygens (including phenoxy) is 1. The third kappa shape index (κ3) is 1.63. The van der Waals surface area contributed by atoms with Crippen molar-refractivity contribution in [3.05, 3.63) is 16.2 Å². The molecule has 3 nitrogen and oxygen atoms in total. The number of halogens is 1. The van der Waals surface area contributed by atoms with Crippen LogP contribution < -0.4 is 10.5 Å². The predicted molar refractivity (Wildman–Crippen MR) is 47.6 cm³/mol. The van der Waals surface area contributed by atoms with Crippen LogP contribution in [0.2, 0.25) is 0 Å². The fourth-order valence-electron chi connectivity index (χ4n) is 0.803. The van der Waals surface area contributed by atoms with E-state index in [0.29, 0.717) is 16.2 Å². The Bertz CT molecular complexity index is 275. The van der Waals surface area contributed by atoms with Crippen molar-refractivity contribution in [1.82, 2.24) is 4.98 Å². The smallest absolute Gasteiger partial charge is 0.217 e. The Morgan fingerprint density at radius 1 is 1.64 bits per heavy atom. The predicted octanol–water partition coefficient (Wildman–Crippen LogP) is 1.74. The molecule has 0 aromatic carbocycles. The van der Waals surface area contributed by atoms with E-state index in [1.165, 1.54) is 0 Å². The molecule has 11 heavy (non-hydrogen) atoms. The van der Waals surface area contributed by atoms with Gasteiger partial charge in [-0.3, -0.25) is 0 Å². The first-order valence-corrected chi connectivity index (χ1v) is 3.91. The van der Waals surface area contributed by atoms with Crippen molar-refractivity contribution in [2.24, 2.45) is 0 Å². The summed E-state index contributed by atoms with van der Waals surface area (Å²) in [6.07, 6.45) is 0. The number of anilines is 1. The minimum absolute atomic E-state index is 0.603. The maximum atomic E-state index is 5.58. The number of methoxy groups -OCH3 is 1. The van der Waals surface area contributed by atoms with Crippen LogP contribution >= 0.6 is 15.9 Å². The number of aromatic nitrogens is 1. The first kappa shape index (κ1) is 8.33. The lowest BCUT2D eigenvalue weighted by Crippen LogP contribution is -1.95. The maximum absolute atomic E-state index is 5.58. The molecule has 0 atom stereocenters. The molecule has 0 saturated heterocycles. The lowest BCUT2D eigenvalue weighted by molar-refractivity contribution is 0.394. The summed E-state index contributed by atoms with van der Waals surface area (Å²) in [6.45, 7) is 1.90. The van der Waals surface area contributed by atoms with Crippen molar-refractivity contribution in [3.8, 4) is 5.88 Å². The van der Waals surface area contributed by atoms with Gasteiger partial charge in [-0.25, -0.2) is 4.98 Å². The lowest BCUT2D eigenvalue weighted by atomic mass is 10.3. The quantitative estimate of drug-likeness (QED) is 0.729. The van der Waals surface area contributed by atoms with Crippen LogP contribution in [-0.4, -0.2) is 12.1 Å². The van der Waals surface area contributed by atoms with E-state index < -0.39 is 0 Å². The van der Waals surface area contributed by atoms with E-state index in [9.17, 15) is 0 Å². The summed E-state index contributed by atoms with van der Waals surface area (Å²) in [7, 11) is 1.58. The van der Waals surface area contributed by atoms with Crippen LogP contribution in [-0.2, 0) is 0 Å². The second-order valence-corrected chi connectivity index (χ2v) is 2.95. The zero-order valence-corrected chi connectivity index (χ0v) is 7.97. The molecule has 0 bridgehead atoms. The standard InChI is InChI=1S/C7H9BrN2O/c1-4-3-5(9)6(8)10-7(4)11-2/h3H,9H2,1-2H3. The maximum Gasteiger partial charge on any atom is 0.217 e. The largest absolute Gasteiger partial charge is 0.481 e. The number of hydrogen-bond acceptors (Lipinski definition) is 3. The number of nitrogens with two attached hydrogens (primary N) is 1. The van der Waals surface area contributed by atoms with Crippen LogP contribution in [0.5, 0.6) is 5.88 Å². The zero-order valence-electron chi connectivity index (χ0n) is 6.39. The molecule has 0 unspecified atom stereocenters. The molecule has 0 fully saturated rings. The summed E-state index contributed by atoms with van der Waals surface area (Å²) >= 11 is 3.20. The normalized spacial score (nSPS) is 9.73. The molecule has 0 spiro atoms. The molecule has 0 aliphatic heterocycles. The van der Waals surface area contributed by atoms with Gasteiger partial charge in [-0.2, -0.15) is 0 Å². The zero-order chi connectivity index (χ0) is 8.43. The highest BCUT2D eigenvalue weighted by Crippen LogP contribution is 2.23. The van der Waals surface area contributed by atoms with Gasteiger partial charge in [0.25, 0.3) is 0 Å². The lowest BCUT2D eigenvalue weighted by Gasteiger charge is -2.04. The first-order chi connectivity index (χ1) is 5.15. The minimum atomic E-state index is 0.603. The molecule has 60 valence electrons. The van der Waals surface area contributed by atoms with E-state index in [1.807, 2.05) is 13.0 Å². The number of hydrogen-bond donors (Lipinski definition) is 1. The van der Waals surface area contributed by atoms with Gasteiger partial charge in [0.15, 0.2) is 0 Å². The van der Waals surface area contributed by atoms with Gasteiger partial charge in [0.1, 0.15) is 4.60 Å². The summed E-state index contributed by atoms with van der Waals surface area (Å²) < 4.78 is 5.61. The Morgan fingerprint density at radius 2 is 2.27 bits per heavy atom. The van der Waals surface area contributed by atoms with E-state index in [-0.39, 0.29) is 0 Å². The average molecular weight is 217 g/mol. The third-order valence-electron chi connectivity index (χ3n) is 1.34. The average Bonchev–Trinajstić information content (AvgIpc) is 1.97. The molecule has 1 aromatic heterocycles. The summed E-state index contributed by atoms with van der Waals surface area (Å²) in [6, 6.07) is 1.82. The highest BCUT2D eigenvalue weighted by Gasteiger charge is 2.03. The highest BCUT2D eigenvalue weighted by molar-refractivity contribution is 9.10. The van der Waals surface area contributed by atoms with Crippen molar-refractivity contribution in [2.45, 2.75) is 6.92 Å². The van der Waals surface area contributed by atoms with E-state index >= 15 is 0 Å². The number of aryl methyl sites for hydroxylation is 1. The van der Waals surface area contributed by atoms with Gasteiger partial charge in [-0.05, 0) is 28.9 Å². The first-order valence-electron chi connectivity index (χ1n) is 3.11. The molecule has 1 heterocycles. The van der Waals surface area contributed by atoms with E-state index in [2.05, 4.69) is 20.9 Å². The summed E-state index contributed by atoms with van der Waals surface area (Å²) in [5.41, 5.74) is 7.15. The second kappa shape index (κ2) is 3.09. The van der Waals surface area contributed by atoms with Crippen molar-refractivity contribution < 1.29 is 4.74 Å². The fraction of sp³-hybridized carbons (Fsp3) is 0.286. The molecule has 0 saturated carbocycles. The molecule has 4 heteroatoms. The molecular weight excluding hydrogens is 208 g/mol. The minimum Gasteiger partial charge on any atom is -0.481 e. The molecule has 0 amide bonds. The fourth-order valence-corrected chi connectivity index (χ4v) is 1.08. The van der Waals surface area contributed by atoms with E-state index in [4.69, 9.17) is 10.5 Å². The van der Waals surface area contributed by atoms with Crippen molar-refractivity contribution in [3.63, 3.8) is 0 Å². The third-order valence-corrected chi connectivity index (χ3v) is 1.98. The molecule has 1 rings (SSSR count). The molecule has 1 aromatic rings. The van der Waals surface area contributed by atoms with E-state index in [0.717, 1.165) is 5.56 Å². The number of nitrogens with zero attached hydrogens (tertiary/aromatic N) is 1. The van der Waals surface area contributed by atoms with Crippen LogP contribution in [0.3, 0.4) is 0 Å². The molecule has 0 aliphatic rings. The molecular formula is C7H9BrN2O. The summed E-state index contributed by atoms with van der Waals surface area (Å²) in [5, 5.41) is 0. The van der Waals surface area contributed by atoms with Gasteiger partial charge in [-0.1, -0.05) is 0 Å². The Kier molecular flexibility index (Phi) is 2.34. The molecule has 0 aliphatic carbocycles. The van der Waals surface area contributed by atoms with Gasteiger partial charge in [0.05, 0.1) is 12.8 Å². The second-order valence-electron chi connectivity index (χ2n) is 2.19. The number of pyridine rings is 1. The van der Waals surface area contributed by atoms with Crippen LogP contribution in [0.25, 0.3) is 0 Å². The molecule has 0 radical (unpaired) electrons. The van der Waals surface area contributed by atoms with Gasteiger partial charge >= 0.3 is 0 Å². The Hall–Kier alpha value is -0.770. The Balaban J connectivity index is 3.21. The van der Waals surface area contributed by atoms with Crippen molar-refractivity contribution in [2.75, 3.05) is 12.8 Å². The SMILES string of the molecule is COc1nc(Br)c(N)cc1C. The molecule has 2 N–H and O–H groups in total. The summed E-state index contributed by atoms with van der Waals surface area (Å²) in [4.78, 5) is 4.06. The monoisotopic (exact) mass is 216 g/mol. The van der Waals surface area contributed by atoms with Crippen LogP contribution in [0.4, 0.5) is 5.69 Å². The van der Waals surface area contributed by atoms with Gasteiger partial charge in [-0.15, -0.1) is 0 Å². The number of rotatable bonds is 1. The number of nitrogen functional groups attached to an aromatic ring is 1.